The third-order valence-electron chi connectivity index (χ3n) is 2.11. The Balaban J connectivity index is 2.07. The van der Waals surface area contributed by atoms with Gasteiger partial charge < -0.3 is 10.1 Å². The first-order valence-electron chi connectivity index (χ1n) is 4.62. The molecule has 4 nitrogen and oxygen atoms in total. The van der Waals surface area contributed by atoms with Crippen molar-refractivity contribution in [1.82, 2.24) is 15.3 Å². The number of nitrogens with one attached hydrogen (secondary N) is 1. The fourth-order valence-electron chi connectivity index (χ4n) is 1.46. The number of hydrogen-bond acceptors (Lipinski definition) is 4. The SMILES string of the molecule is Cc1cc(O[C@@H]2CCNC2)nc(Cl)n1. The number of halogens is 1. The number of nitrogens with zero attached hydrogens (tertiary/aromatic N) is 2. The van der Waals surface area contributed by atoms with Crippen LogP contribution in [0.3, 0.4) is 0 Å². The molecule has 0 radical (unpaired) electrons. The number of rotatable bonds is 2. The molecule has 0 unspecified atom stereocenters. The molecular formula is C9H12ClN3O. The monoisotopic (exact) mass is 213 g/mol. The molecule has 1 saturated heterocycles. The molecular weight excluding hydrogens is 202 g/mol. The highest BCUT2D eigenvalue weighted by Crippen LogP contribution is 2.15. The van der Waals surface area contributed by atoms with Crippen LogP contribution in [0.5, 0.6) is 5.88 Å². The summed E-state index contributed by atoms with van der Waals surface area (Å²) in [7, 11) is 0. The lowest BCUT2D eigenvalue weighted by Crippen LogP contribution is -2.20. The van der Waals surface area contributed by atoms with Gasteiger partial charge in [0.25, 0.3) is 0 Å². The second-order valence-corrected chi connectivity index (χ2v) is 3.69. The fraction of sp³-hybridized carbons (Fsp3) is 0.556. The van der Waals surface area contributed by atoms with E-state index in [1.54, 1.807) is 6.07 Å². The predicted octanol–water partition coefficient (Wildman–Crippen LogP) is 1.18. The van der Waals surface area contributed by atoms with Gasteiger partial charge in [-0.25, -0.2) is 4.98 Å². The fourth-order valence-corrected chi connectivity index (χ4v) is 1.68. The first-order chi connectivity index (χ1) is 6.74. The minimum atomic E-state index is 0.209. The Morgan fingerprint density at radius 1 is 1.57 bits per heavy atom. The van der Waals surface area contributed by atoms with Crippen LogP contribution in [-0.4, -0.2) is 29.2 Å². The Hall–Kier alpha value is -0.870. The number of aromatic nitrogens is 2. The first kappa shape index (κ1) is 9.68. The summed E-state index contributed by atoms with van der Waals surface area (Å²) in [4.78, 5) is 7.97. The summed E-state index contributed by atoms with van der Waals surface area (Å²) >= 11 is 5.72. The molecule has 1 aliphatic rings. The highest BCUT2D eigenvalue weighted by atomic mass is 35.5. The number of ether oxygens (including phenoxy) is 1. The average molecular weight is 214 g/mol. The highest BCUT2D eigenvalue weighted by molar-refractivity contribution is 6.28. The van der Waals surface area contributed by atoms with Crippen molar-refractivity contribution < 1.29 is 4.74 Å². The van der Waals surface area contributed by atoms with E-state index in [2.05, 4.69) is 15.3 Å². The number of aryl methyl sites for hydroxylation is 1. The van der Waals surface area contributed by atoms with Gasteiger partial charge in [-0.15, -0.1) is 0 Å². The zero-order valence-corrected chi connectivity index (χ0v) is 8.71. The Kier molecular flexibility index (Phi) is 2.84. The molecule has 1 aromatic rings. The van der Waals surface area contributed by atoms with E-state index in [4.69, 9.17) is 16.3 Å². The zero-order chi connectivity index (χ0) is 9.97. The van der Waals surface area contributed by atoms with Gasteiger partial charge in [-0.1, -0.05) is 0 Å². The maximum absolute atomic E-state index is 5.72. The predicted molar refractivity (Wildman–Crippen MR) is 53.7 cm³/mol. The van der Waals surface area contributed by atoms with E-state index in [-0.39, 0.29) is 11.4 Å². The van der Waals surface area contributed by atoms with Crippen molar-refractivity contribution in [3.05, 3.63) is 17.0 Å². The molecule has 1 atom stereocenters. The van der Waals surface area contributed by atoms with Gasteiger partial charge in [-0.05, 0) is 31.5 Å². The average Bonchev–Trinajstić information content (AvgIpc) is 2.54. The minimum absolute atomic E-state index is 0.209. The maximum Gasteiger partial charge on any atom is 0.225 e. The molecule has 0 saturated carbocycles. The third kappa shape index (κ3) is 2.33. The summed E-state index contributed by atoms with van der Waals surface area (Å²) in [6.45, 7) is 3.75. The summed E-state index contributed by atoms with van der Waals surface area (Å²) in [5.41, 5.74) is 0.825. The molecule has 1 aromatic heterocycles. The van der Waals surface area contributed by atoms with Crippen LogP contribution in [0.15, 0.2) is 6.07 Å². The lowest BCUT2D eigenvalue weighted by atomic mass is 10.3. The van der Waals surface area contributed by atoms with Crippen LogP contribution < -0.4 is 10.1 Å². The summed E-state index contributed by atoms with van der Waals surface area (Å²) in [6, 6.07) is 1.80. The second-order valence-electron chi connectivity index (χ2n) is 3.35. The summed E-state index contributed by atoms with van der Waals surface area (Å²) in [6.07, 6.45) is 1.22. The molecule has 0 bridgehead atoms. The molecule has 1 fully saturated rings. The van der Waals surface area contributed by atoms with E-state index >= 15 is 0 Å². The van der Waals surface area contributed by atoms with Crippen molar-refractivity contribution in [1.29, 1.82) is 0 Å². The van der Waals surface area contributed by atoms with Crippen LogP contribution >= 0.6 is 11.6 Å². The Morgan fingerprint density at radius 3 is 3.07 bits per heavy atom. The summed E-state index contributed by atoms with van der Waals surface area (Å²) < 4.78 is 5.64. The van der Waals surface area contributed by atoms with E-state index < -0.39 is 0 Å². The van der Waals surface area contributed by atoms with Gasteiger partial charge in [0.1, 0.15) is 6.10 Å². The standard InChI is InChI=1S/C9H12ClN3O/c1-6-4-8(13-9(10)12-6)14-7-2-3-11-5-7/h4,7,11H,2-3,5H2,1H3/t7-/m1/s1. The van der Waals surface area contributed by atoms with Gasteiger partial charge in [0.2, 0.25) is 11.2 Å². The highest BCUT2D eigenvalue weighted by Gasteiger charge is 2.16. The second kappa shape index (κ2) is 4.11. The first-order valence-corrected chi connectivity index (χ1v) is 5.00. The van der Waals surface area contributed by atoms with Gasteiger partial charge in [0.05, 0.1) is 0 Å². The normalized spacial score (nSPS) is 21.1. The Morgan fingerprint density at radius 2 is 2.43 bits per heavy atom. The minimum Gasteiger partial charge on any atom is -0.473 e. The van der Waals surface area contributed by atoms with Crippen LogP contribution in [0, 0.1) is 6.92 Å². The van der Waals surface area contributed by atoms with Crippen molar-refractivity contribution in [3.8, 4) is 5.88 Å². The molecule has 1 aliphatic heterocycles. The van der Waals surface area contributed by atoms with Crippen LogP contribution in [0.4, 0.5) is 0 Å². The summed E-state index contributed by atoms with van der Waals surface area (Å²) in [5, 5.41) is 3.46. The summed E-state index contributed by atoms with van der Waals surface area (Å²) in [5.74, 6) is 0.566. The lowest BCUT2D eigenvalue weighted by molar-refractivity contribution is 0.213. The molecule has 0 aromatic carbocycles. The van der Waals surface area contributed by atoms with E-state index in [1.165, 1.54) is 0 Å². The van der Waals surface area contributed by atoms with Crippen molar-refractivity contribution in [2.24, 2.45) is 0 Å². The molecule has 76 valence electrons. The number of hydrogen-bond donors (Lipinski definition) is 1. The van der Waals surface area contributed by atoms with E-state index in [1.807, 2.05) is 6.92 Å². The molecule has 5 heteroatoms. The molecule has 14 heavy (non-hydrogen) atoms. The third-order valence-corrected chi connectivity index (χ3v) is 2.27. The van der Waals surface area contributed by atoms with Crippen molar-refractivity contribution >= 4 is 11.6 Å². The van der Waals surface area contributed by atoms with Crippen LogP contribution in [0.1, 0.15) is 12.1 Å². The van der Waals surface area contributed by atoms with E-state index in [9.17, 15) is 0 Å². The largest absolute Gasteiger partial charge is 0.473 e. The van der Waals surface area contributed by atoms with Gasteiger partial charge in [0, 0.05) is 18.3 Å². The van der Waals surface area contributed by atoms with Gasteiger partial charge >= 0.3 is 0 Å². The Bertz CT molecular complexity index is 306. The zero-order valence-electron chi connectivity index (χ0n) is 7.96. The molecule has 0 aliphatic carbocycles. The topological polar surface area (TPSA) is 47.0 Å². The molecule has 0 amide bonds. The van der Waals surface area contributed by atoms with Crippen LogP contribution in [0.25, 0.3) is 0 Å². The van der Waals surface area contributed by atoms with Crippen LogP contribution in [0.2, 0.25) is 5.28 Å². The molecule has 2 heterocycles. The Labute approximate surface area is 87.7 Å². The molecule has 1 N–H and O–H groups in total. The molecule has 2 rings (SSSR count). The van der Waals surface area contributed by atoms with E-state index in [0.717, 1.165) is 25.2 Å². The molecule has 0 spiro atoms. The quantitative estimate of drug-likeness (QED) is 0.750. The van der Waals surface area contributed by atoms with Crippen molar-refractivity contribution in [2.75, 3.05) is 13.1 Å². The maximum atomic E-state index is 5.72. The van der Waals surface area contributed by atoms with E-state index in [0.29, 0.717) is 5.88 Å². The smallest absolute Gasteiger partial charge is 0.225 e. The van der Waals surface area contributed by atoms with Crippen LogP contribution in [-0.2, 0) is 0 Å². The van der Waals surface area contributed by atoms with Gasteiger partial charge in [0.15, 0.2) is 0 Å². The lowest BCUT2D eigenvalue weighted by Gasteiger charge is -2.11. The van der Waals surface area contributed by atoms with Crippen molar-refractivity contribution in [2.45, 2.75) is 19.4 Å². The van der Waals surface area contributed by atoms with Gasteiger partial charge in [-0.2, -0.15) is 4.98 Å². The van der Waals surface area contributed by atoms with Gasteiger partial charge in [-0.3, -0.25) is 0 Å². The van der Waals surface area contributed by atoms with Crippen molar-refractivity contribution in [3.63, 3.8) is 0 Å².